The van der Waals surface area contributed by atoms with Crippen LogP contribution in [0.4, 0.5) is 11.4 Å². The molecule has 2 heterocycles. The molecule has 1 unspecified atom stereocenters. The van der Waals surface area contributed by atoms with Crippen LogP contribution in [0.15, 0.2) is 88.4 Å². The first-order valence-electron chi connectivity index (χ1n) is 14.7. The van der Waals surface area contributed by atoms with Gasteiger partial charge in [0.25, 0.3) is 0 Å². The summed E-state index contributed by atoms with van der Waals surface area (Å²) in [5.74, 6) is 0.786. The van der Waals surface area contributed by atoms with Gasteiger partial charge in [0, 0.05) is 47.6 Å². The van der Waals surface area contributed by atoms with Crippen LogP contribution in [0.3, 0.4) is 0 Å². The van der Waals surface area contributed by atoms with Crippen molar-refractivity contribution in [3.8, 4) is 11.4 Å². The smallest absolute Gasteiger partial charge is 0.351 e. The fourth-order valence-electron chi connectivity index (χ4n) is 4.95. The number of nitrogens with zero attached hydrogens (tertiary/aromatic N) is 5. The average Bonchev–Trinajstić information content (AvgIpc) is 3.37. The fraction of sp³-hybridized carbons (Fsp3) is 0.364. The van der Waals surface area contributed by atoms with E-state index in [0.717, 1.165) is 42.1 Å². The summed E-state index contributed by atoms with van der Waals surface area (Å²) in [6.07, 6.45) is 1.48. The van der Waals surface area contributed by atoms with Gasteiger partial charge in [0.15, 0.2) is 5.78 Å². The molecule has 1 aliphatic rings. The van der Waals surface area contributed by atoms with Gasteiger partial charge in [-0.15, -0.1) is 0 Å². The molecule has 0 aliphatic carbocycles. The quantitative estimate of drug-likeness (QED) is 0.150. The van der Waals surface area contributed by atoms with Gasteiger partial charge in [-0.05, 0) is 85.7 Å². The Hall–Kier alpha value is -3.63. The van der Waals surface area contributed by atoms with E-state index < -0.39 is 14.4 Å². The van der Waals surface area contributed by atoms with Crippen LogP contribution in [0.25, 0.3) is 5.69 Å². The molecule has 8 nitrogen and oxygen atoms in total. The first-order valence-corrected chi connectivity index (χ1v) is 18.4. The maximum absolute atomic E-state index is 13.2. The Morgan fingerprint density at radius 2 is 1.33 bits per heavy atom. The van der Waals surface area contributed by atoms with Crippen LogP contribution in [0.2, 0.25) is 18.1 Å². The molecule has 43 heavy (non-hydrogen) atoms. The van der Waals surface area contributed by atoms with E-state index in [1.54, 1.807) is 19.1 Å². The SMILES string of the molecule is CC(C(=O)c1ccc(Br)cc1)n1ncn(-c2ccc(N3CCN(c4ccc(O[Si](C)(C)C(C)(C)C)cc4)CC3)cc2)c1=O. The molecule has 1 aliphatic heterocycles. The minimum atomic E-state index is -1.86. The Labute approximate surface area is 263 Å². The summed E-state index contributed by atoms with van der Waals surface area (Å²) in [7, 11) is -1.86. The molecule has 3 aromatic carbocycles. The molecular weight excluding hydrogens is 622 g/mol. The molecule has 0 radical (unpaired) electrons. The number of ketones is 1. The van der Waals surface area contributed by atoms with E-state index in [2.05, 4.69) is 89.0 Å². The minimum Gasteiger partial charge on any atom is -0.544 e. The Kier molecular flexibility index (Phi) is 8.72. The molecular formula is C33H40BrN5O3Si. The number of anilines is 2. The predicted molar refractivity (Wildman–Crippen MR) is 180 cm³/mol. The van der Waals surface area contributed by atoms with E-state index in [4.69, 9.17) is 4.43 Å². The molecule has 1 fully saturated rings. The third-order valence-corrected chi connectivity index (χ3v) is 13.6. The van der Waals surface area contributed by atoms with Crippen molar-refractivity contribution in [3.05, 3.63) is 99.6 Å². The summed E-state index contributed by atoms with van der Waals surface area (Å²) < 4.78 is 10.1. The van der Waals surface area contributed by atoms with Crippen molar-refractivity contribution in [2.75, 3.05) is 36.0 Å². The number of carbonyl (C=O) groups is 1. The number of carbonyl (C=O) groups excluding carboxylic acids is 1. The molecule has 1 aromatic heterocycles. The lowest BCUT2D eigenvalue weighted by Crippen LogP contribution is -2.46. The first-order chi connectivity index (χ1) is 20.3. The van der Waals surface area contributed by atoms with E-state index in [1.165, 1.54) is 21.3 Å². The van der Waals surface area contributed by atoms with Gasteiger partial charge in [-0.25, -0.2) is 14.0 Å². The summed E-state index contributed by atoms with van der Waals surface area (Å²) in [6, 6.07) is 22.9. The van der Waals surface area contributed by atoms with Gasteiger partial charge >= 0.3 is 5.69 Å². The summed E-state index contributed by atoms with van der Waals surface area (Å²) in [6.45, 7) is 16.6. The molecule has 1 saturated heterocycles. The van der Waals surface area contributed by atoms with Gasteiger partial charge in [-0.1, -0.05) is 48.8 Å². The third-order valence-electron chi connectivity index (χ3n) is 8.72. The molecule has 4 aromatic rings. The van der Waals surface area contributed by atoms with Crippen LogP contribution in [-0.2, 0) is 0 Å². The van der Waals surface area contributed by atoms with Crippen molar-refractivity contribution in [1.82, 2.24) is 14.3 Å². The fourth-order valence-corrected chi connectivity index (χ4v) is 6.24. The topological polar surface area (TPSA) is 72.6 Å². The number of aromatic nitrogens is 3. The third kappa shape index (κ3) is 6.65. The molecule has 226 valence electrons. The molecule has 0 N–H and O–H groups in total. The van der Waals surface area contributed by atoms with Gasteiger partial charge in [0.05, 0.1) is 5.69 Å². The zero-order valence-electron chi connectivity index (χ0n) is 25.8. The van der Waals surface area contributed by atoms with Crippen LogP contribution in [0, 0.1) is 0 Å². The van der Waals surface area contributed by atoms with Crippen molar-refractivity contribution >= 4 is 41.4 Å². The van der Waals surface area contributed by atoms with E-state index in [9.17, 15) is 9.59 Å². The molecule has 1 atom stereocenters. The average molecular weight is 663 g/mol. The number of hydrogen-bond donors (Lipinski definition) is 0. The van der Waals surface area contributed by atoms with Crippen LogP contribution in [0.5, 0.6) is 5.75 Å². The van der Waals surface area contributed by atoms with E-state index in [-0.39, 0.29) is 16.5 Å². The van der Waals surface area contributed by atoms with Gasteiger partial charge in [-0.3, -0.25) is 4.79 Å². The number of rotatable bonds is 8. The number of benzene rings is 3. The van der Waals surface area contributed by atoms with Crippen molar-refractivity contribution in [2.45, 2.75) is 51.9 Å². The lowest BCUT2D eigenvalue weighted by atomic mass is 10.1. The zero-order valence-corrected chi connectivity index (χ0v) is 28.3. The lowest BCUT2D eigenvalue weighted by molar-refractivity contribution is 0.0925. The maximum atomic E-state index is 13.2. The predicted octanol–water partition coefficient (Wildman–Crippen LogP) is 6.95. The van der Waals surface area contributed by atoms with E-state index in [1.807, 2.05) is 36.4 Å². The molecule has 10 heteroatoms. The molecule has 0 saturated carbocycles. The van der Waals surface area contributed by atoms with E-state index >= 15 is 0 Å². The number of halogens is 1. The van der Waals surface area contributed by atoms with Crippen LogP contribution in [0.1, 0.15) is 44.1 Å². The largest absolute Gasteiger partial charge is 0.544 e. The minimum absolute atomic E-state index is 0.162. The molecule has 0 bridgehead atoms. The second-order valence-corrected chi connectivity index (χ2v) is 18.3. The second kappa shape index (κ2) is 12.2. The zero-order chi connectivity index (χ0) is 30.9. The summed E-state index contributed by atoms with van der Waals surface area (Å²) in [5.41, 5.74) is 3.22. The number of piperazine rings is 1. The maximum Gasteiger partial charge on any atom is 0.351 e. The highest BCUT2D eigenvalue weighted by atomic mass is 79.9. The van der Waals surface area contributed by atoms with Gasteiger partial charge in [0.1, 0.15) is 18.1 Å². The summed E-state index contributed by atoms with van der Waals surface area (Å²) in [5, 5.41) is 4.42. The van der Waals surface area contributed by atoms with Crippen molar-refractivity contribution in [1.29, 1.82) is 0 Å². The van der Waals surface area contributed by atoms with Crippen LogP contribution in [-0.4, -0.2) is 54.6 Å². The van der Waals surface area contributed by atoms with Crippen molar-refractivity contribution < 1.29 is 9.22 Å². The Morgan fingerprint density at radius 1 is 0.837 bits per heavy atom. The second-order valence-electron chi connectivity index (χ2n) is 12.6. The standard InChI is InChI=1S/C33H40BrN5O3Si/c1-24(31(40)25-7-9-26(34)10-8-25)39-32(41)38(23-35-39)29-13-11-27(12-14-29)36-19-21-37(22-20-36)28-15-17-30(18-16-28)42-43(5,6)33(2,3)4/h7-18,23-24H,19-22H2,1-6H3. The van der Waals surface area contributed by atoms with Gasteiger partial charge in [0.2, 0.25) is 8.32 Å². The van der Waals surface area contributed by atoms with Crippen LogP contribution < -0.4 is 19.9 Å². The molecule has 0 amide bonds. The van der Waals surface area contributed by atoms with Crippen LogP contribution >= 0.6 is 15.9 Å². The van der Waals surface area contributed by atoms with Gasteiger partial charge in [-0.2, -0.15) is 5.10 Å². The highest BCUT2D eigenvalue weighted by molar-refractivity contribution is 9.10. The molecule has 5 rings (SSSR count). The first kappa shape index (κ1) is 30.8. The Bertz CT molecular complexity index is 1620. The monoisotopic (exact) mass is 661 g/mol. The number of Topliss-reactive ketones (excluding diaryl/α,β-unsaturated/α-hetero) is 1. The Morgan fingerprint density at radius 3 is 1.84 bits per heavy atom. The highest BCUT2D eigenvalue weighted by Gasteiger charge is 2.39. The summed E-state index contributed by atoms with van der Waals surface area (Å²) >= 11 is 3.38. The lowest BCUT2D eigenvalue weighted by Gasteiger charge is -2.38. The highest BCUT2D eigenvalue weighted by Crippen LogP contribution is 2.37. The van der Waals surface area contributed by atoms with Gasteiger partial charge < -0.3 is 14.2 Å². The normalized spacial score (nSPS) is 15.0. The molecule has 0 spiro atoms. The summed E-state index contributed by atoms with van der Waals surface area (Å²) in [4.78, 5) is 30.9. The van der Waals surface area contributed by atoms with E-state index in [0.29, 0.717) is 11.3 Å². The van der Waals surface area contributed by atoms with Crippen molar-refractivity contribution in [3.63, 3.8) is 0 Å². The van der Waals surface area contributed by atoms with Crippen molar-refractivity contribution in [2.24, 2.45) is 0 Å². The Balaban J connectivity index is 1.20. The number of hydrogen-bond acceptors (Lipinski definition) is 6.